The SMILES string of the molecule is CCCN(C1CC1)S(=O)(=O)Cc1ccc(CNCC)cc1. The van der Waals surface area contributed by atoms with Crippen molar-refractivity contribution in [2.24, 2.45) is 0 Å². The molecule has 5 heteroatoms. The van der Waals surface area contributed by atoms with Crippen LogP contribution in [-0.4, -0.2) is 31.9 Å². The molecule has 118 valence electrons. The first-order valence-corrected chi connectivity index (χ1v) is 9.45. The van der Waals surface area contributed by atoms with E-state index < -0.39 is 10.0 Å². The summed E-state index contributed by atoms with van der Waals surface area (Å²) < 4.78 is 26.8. The van der Waals surface area contributed by atoms with Crippen molar-refractivity contribution in [3.05, 3.63) is 35.4 Å². The molecule has 0 radical (unpaired) electrons. The molecule has 1 saturated carbocycles. The van der Waals surface area contributed by atoms with Crippen molar-refractivity contribution in [3.8, 4) is 0 Å². The Morgan fingerprint density at radius 1 is 1.14 bits per heavy atom. The molecule has 0 unspecified atom stereocenters. The zero-order valence-electron chi connectivity index (χ0n) is 13.0. The zero-order chi connectivity index (χ0) is 15.3. The van der Waals surface area contributed by atoms with Crippen LogP contribution in [0.4, 0.5) is 0 Å². The van der Waals surface area contributed by atoms with Gasteiger partial charge in [0, 0.05) is 19.1 Å². The molecule has 0 spiro atoms. The largest absolute Gasteiger partial charge is 0.313 e. The van der Waals surface area contributed by atoms with Gasteiger partial charge in [-0.3, -0.25) is 0 Å². The van der Waals surface area contributed by atoms with E-state index in [-0.39, 0.29) is 11.8 Å². The lowest BCUT2D eigenvalue weighted by molar-refractivity contribution is 0.402. The fourth-order valence-electron chi connectivity index (χ4n) is 2.45. The van der Waals surface area contributed by atoms with E-state index in [2.05, 4.69) is 12.2 Å². The number of rotatable bonds is 9. The molecule has 0 atom stereocenters. The van der Waals surface area contributed by atoms with Crippen LogP contribution in [0.15, 0.2) is 24.3 Å². The molecule has 0 heterocycles. The van der Waals surface area contributed by atoms with E-state index in [0.29, 0.717) is 6.54 Å². The number of benzene rings is 1. The monoisotopic (exact) mass is 310 g/mol. The highest BCUT2D eigenvalue weighted by Gasteiger charge is 2.36. The molecule has 1 aromatic carbocycles. The maximum atomic E-state index is 12.5. The van der Waals surface area contributed by atoms with Crippen LogP contribution >= 0.6 is 0 Å². The van der Waals surface area contributed by atoms with E-state index in [9.17, 15) is 8.42 Å². The Morgan fingerprint density at radius 2 is 1.76 bits per heavy atom. The Kier molecular flexibility index (Phi) is 5.79. The average molecular weight is 310 g/mol. The number of nitrogens with one attached hydrogen (secondary N) is 1. The van der Waals surface area contributed by atoms with Gasteiger partial charge in [-0.2, -0.15) is 4.31 Å². The van der Waals surface area contributed by atoms with Crippen LogP contribution in [-0.2, 0) is 22.3 Å². The normalized spacial score (nSPS) is 15.6. The molecule has 4 nitrogen and oxygen atoms in total. The Hall–Kier alpha value is -0.910. The minimum absolute atomic E-state index is 0.116. The summed E-state index contributed by atoms with van der Waals surface area (Å²) in [6.45, 7) is 6.50. The molecule has 1 N–H and O–H groups in total. The number of nitrogens with zero attached hydrogens (tertiary/aromatic N) is 1. The highest BCUT2D eigenvalue weighted by Crippen LogP contribution is 2.30. The highest BCUT2D eigenvalue weighted by atomic mass is 32.2. The molecule has 0 aliphatic heterocycles. The molecule has 0 saturated heterocycles. The van der Waals surface area contributed by atoms with Crippen molar-refractivity contribution in [1.82, 2.24) is 9.62 Å². The Labute approximate surface area is 128 Å². The summed E-state index contributed by atoms with van der Waals surface area (Å²) >= 11 is 0. The van der Waals surface area contributed by atoms with Gasteiger partial charge in [-0.25, -0.2) is 8.42 Å². The van der Waals surface area contributed by atoms with Crippen LogP contribution in [0.5, 0.6) is 0 Å². The minimum atomic E-state index is -3.19. The minimum Gasteiger partial charge on any atom is -0.313 e. The summed E-state index contributed by atoms with van der Waals surface area (Å²) in [5.41, 5.74) is 2.06. The van der Waals surface area contributed by atoms with Gasteiger partial charge in [0.2, 0.25) is 10.0 Å². The molecule has 1 fully saturated rings. The fourth-order valence-corrected chi connectivity index (χ4v) is 4.35. The Balaban J connectivity index is 2.01. The summed E-state index contributed by atoms with van der Waals surface area (Å²) in [5.74, 6) is 0.116. The second kappa shape index (κ2) is 7.38. The van der Waals surface area contributed by atoms with Gasteiger partial charge < -0.3 is 5.32 Å². The molecule has 0 aromatic heterocycles. The van der Waals surface area contributed by atoms with E-state index in [1.165, 1.54) is 5.56 Å². The van der Waals surface area contributed by atoms with Gasteiger partial charge in [-0.15, -0.1) is 0 Å². The lowest BCUT2D eigenvalue weighted by Crippen LogP contribution is -2.34. The lowest BCUT2D eigenvalue weighted by Gasteiger charge is -2.21. The van der Waals surface area contributed by atoms with Gasteiger partial charge >= 0.3 is 0 Å². The second-order valence-corrected chi connectivity index (χ2v) is 7.62. The van der Waals surface area contributed by atoms with Crippen LogP contribution in [0.1, 0.15) is 44.2 Å². The van der Waals surface area contributed by atoms with E-state index in [4.69, 9.17) is 0 Å². The molecule has 0 bridgehead atoms. The van der Waals surface area contributed by atoms with Crippen LogP contribution in [0.2, 0.25) is 0 Å². The standard InChI is InChI=1S/C16H26N2O2S/c1-3-11-18(16-9-10-16)21(19,20)13-15-7-5-14(6-8-15)12-17-4-2/h5-8,16-17H,3-4,9-13H2,1-2H3. The Bertz CT molecular complexity index is 536. The number of sulfonamides is 1. The predicted molar refractivity (Wildman–Crippen MR) is 86.5 cm³/mol. The Morgan fingerprint density at radius 3 is 2.29 bits per heavy atom. The summed E-state index contributed by atoms with van der Waals surface area (Å²) in [6, 6.07) is 8.13. The van der Waals surface area contributed by atoms with Crippen molar-refractivity contribution >= 4 is 10.0 Å². The van der Waals surface area contributed by atoms with Gasteiger partial charge in [-0.1, -0.05) is 38.1 Å². The van der Waals surface area contributed by atoms with Gasteiger partial charge in [-0.05, 0) is 36.9 Å². The van der Waals surface area contributed by atoms with Gasteiger partial charge in [0.25, 0.3) is 0 Å². The molecule has 1 aliphatic rings. The van der Waals surface area contributed by atoms with Crippen molar-refractivity contribution < 1.29 is 8.42 Å². The fraction of sp³-hybridized carbons (Fsp3) is 0.625. The van der Waals surface area contributed by atoms with E-state index >= 15 is 0 Å². The molecule has 21 heavy (non-hydrogen) atoms. The maximum Gasteiger partial charge on any atom is 0.218 e. The first kappa shape index (κ1) is 16.5. The van der Waals surface area contributed by atoms with E-state index in [1.54, 1.807) is 4.31 Å². The predicted octanol–water partition coefficient (Wildman–Crippen LogP) is 2.50. The van der Waals surface area contributed by atoms with Crippen LogP contribution in [0, 0.1) is 0 Å². The summed E-state index contributed by atoms with van der Waals surface area (Å²) in [7, 11) is -3.19. The molecule has 0 amide bonds. The van der Waals surface area contributed by atoms with Crippen LogP contribution in [0.3, 0.4) is 0 Å². The van der Waals surface area contributed by atoms with E-state index in [1.807, 2.05) is 31.2 Å². The van der Waals surface area contributed by atoms with Crippen molar-refractivity contribution in [3.63, 3.8) is 0 Å². The molecular formula is C16H26N2O2S. The molecule has 1 aromatic rings. The smallest absolute Gasteiger partial charge is 0.218 e. The van der Waals surface area contributed by atoms with E-state index in [0.717, 1.165) is 37.9 Å². The number of hydrogen-bond donors (Lipinski definition) is 1. The molecule has 2 rings (SSSR count). The average Bonchev–Trinajstić information content (AvgIpc) is 3.28. The summed E-state index contributed by atoms with van der Waals surface area (Å²) in [6.07, 6.45) is 2.90. The van der Waals surface area contributed by atoms with Crippen LogP contribution < -0.4 is 5.32 Å². The van der Waals surface area contributed by atoms with Crippen molar-refractivity contribution in [1.29, 1.82) is 0 Å². The highest BCUT2D eigenvalue weighted by molar-refractivity contribution is 7.88. The third-order valence-electron chi connectivity index (χ3n) is 3.71. The first-order valence-electron chi connectivity index (χ1n) is 7.85. The van der Waals surface area contributed by atoms with Gasteiger partial charge in [0.05, 0.1) is 5.75 Å². The second-order valence-electron chi connectivity index (χ2n) is 5.69. The van der Waals surface area contributed by atoms with Crippen molar-refractivity contribution in [2.75, 3.05) is 13.1 Å². The zero-order valence-corrected chi connectivity index (χ0v) is 13.8. The molecular weight excluding hydrogens is 284 g/mol. The summed E-state index contributed by atoms with van der Waals surface area (Å²) in [5, 5.41) is 3.26. The van der Waals surface area contributed by atoms with Crippen LogP contribution in [0.25, 0.3) is 0 Å². The lowest BCUT2D eigenvalue weighted by atomic mass is 10.1. The number of hydrogen-bond acceptors (Lipinski definition) is 3. The van der Waals surface area contributed by atoms with Gasteiger partial charge in [0.1, 0.15) is 0 Å². The maximum absolute atomic E-state index is 12.5. The quantitative estimate of drug-likeness (QED) is 0.762. The third-order valence-corrected chi connectivity index (χ3v) is 5.60. The summed E-state index contributed by atoms with van der Waals surface area (Å²) in [4.78, 5) is 0. The topological polar surface area (TPSA) is 49.4 Å². The first-order chi connectivity index (χ1) is 10.1. The van der Waals surface area contributed by atoms with Crippen molar-refractivity contribution in [2.45, 2.75) is 51.4 Å². The van der Waals surface area contributed by atoms with Gasteiger partial charge in [0.15, 0.2) is 0 Å². The molecule has 1 aliphatic carbocycles. The third kappa shape index (κ3) is 4.80.